The summed E-state index contributed by atoms with van der Waals surface area (Å²) in [4.78, 5) is 12.5. The summed E-state index contributed by atoms with van der Waals surface area (Å²) in [6.07, 6.45) is 5.40. The van der Waals surface area contributed by atoms with E-state index in [-0.39, 0.29) is 18.0 Å². The van der Waals surface area contributed by atoms with Crippen molar-refractivity contribution in [3.8, 4) is 0 Å². The van der Waals surface area contributed by atoms with E-state index in [1.807, 2.05) is 30.3 Å². The fourth-order valence-corrected chi connectivity index (χ4v) is 4.86. The van der Waals surface area contributed by atoms with Crippen LogP contribution >= 0.6 is 11.6 Å². The van der Waals surface area contributed by atoms with Gasteiger partial charge in [0.2, 0.25) is 0 Å². The molecule has 4 N–H and O–H groups in total. The first kappa shape index (κ1) is 22.3. The molecule has 1 heterocycles. The second-order valence-corrected chi connectivity index (χ2v) is 9.33. The van der Waals surface area contributed by atoms with Gasteiger partial charge in [0.15, 0.2) is 0 Å². The van der Waals surface area contributed by atoms with E-state index in [0.717, 1.165) is 55.8 Å². The molecule has 0 aromatic heterocycles. The standard InChI is InChI=1S/C25H33ClN4O/c1-17(20-3-2-4-22(26)15-20)29-30-24-10-9-21(16-24)18-5-7-19(8-6-18)25(31)28-23-11-13-27-14-12-23/h2-8,15,17,21,23-24,27,29-30H,9-14,16H2,1H3,(H,28,31)/t17-,21+,24?/m1/s1. The Morgan fingerprint density at radius 3 is 2.55 bits per heavy atom. The van der Waals surface area contributed by atoms with Gasteiger partial charge in [-0.05, 0) is 93.4 Å². The van der Waals surface area contributed by atoms with Crippen LogP contribution in [0.2, 0.25) is 5.02 Å². The molecule has 1 saturated carbocycles. The van der Waals surface area contributed by atoms with Gasteiger partial charge in [-0.25, -0.2) is 0 Å². The number of rotatable bonds is 7. The number of hydrogen-bond donors (Lipinski definition) is 4. The zero-order valence-corrected chi connectivity index (χ0v) is 18.9. The Hall–Kier alpha value is -1.92. The maximum absolute atomic E-state index is 12.5. The summed E-state index contributed by atoms with van der Waals surface area (Å²) in [5.74, 6) is 0.575. The van der Waals surface area contributed by atoms with Crippen LogP contribution in [0.5, 0.6) is 0 Å². The molecule has 1 unspecified atom stereocenters. The molecule has 2 aliphatic rings. The Morgan fingerprint density at radius 2 is 1.81 bits per heavy atom. The summed E-state index contributed by atoms with van der Waals surface area (Å²) in [7, 11) is 0. The Labute approximate surface area is 190 Å². The first-order valence-corrected chi connectivity index (χ1v) is 11.8. The first-order chi connectivity index (χ1) is 15.1. The summed E-state index contributed by atoms with van der Waals surface area (Å²) >= 11 is 6.11. The van der Waals surface area contributed by atoms with E-state index < -0.39 is 0 Å². The Bertz CT molecular complexity index is 866. The van der Waals surface area contributed by atoms with Gasteiger partial charge in [0.1, 0.15) is 0 Å². The number of carbonyl (C=O) groups is 1. The number of hydrazine groups is 1. The van der Waals surface area contributed by atoms with E-state index in [4.69, 9.17) is 11.6 Å². The number of carbonyl (C=O) groups excluding carboxylic acids is 1. The van der Waals surface area contributed by atoms with Gasteiger partial charge in [-0.3, -0.25) is 15.6 Å². The molecular formula is C25H33ClN4O. The van der Waals surface area contributed by atoms with Crippen LogP contribution in [0.25, 0.3) is 0 Å². The average molecular weight is 441 g/mol. The molecule has 0 bridgehead atoms. The van der Waals surface area contributed by atoms with Crippen LogP contribution in [0, 0.1) is 0 Å². The minimum Gasteiger partial charge on any atom is -0.349 e. The van der Waals surface area contributed by atoms with Crippen LogP contribution < -0.4 is 21.5 Å². The minimum absolute atomic E-state index is 0.0450. The van der Waals surface area contributed by atoms with Crippen LogP contribution in [0.1, 0.15) is 72.5 Å². The van der Waals surface area contributed by atoms with Crippen LogP contribution in [-0.4, -0.2) is 31.1 Å². The fourth-order valence-electron chi connectivity index (χ4n) is 4.66. The molecule has 1 aliphatic heterocycles. The van der Waals surface area contributed by atoms with E-state index in [1.54, 1.807) is 0 Å². The van der Waals surface area contributed by atoms with Crippen molar-refractivity contribution in [1.82, 2.24) is 21.5 Å². The third-order valence-electron chi connectivity index (χ3n) is 6.60. The van der Waals surface area contributed by atoms with Crippen LogP contribution in [0.4, 0.5) is 0 Å². The zero-order chi connectivity index (χ0) is 21.6. The molecule has 166 valence electrons. The van der Waals surface area contributed by atoms with Gasteiger partial charge in [-0.1, -0.05) is 35.9 Å². The van der Waals surface area contributed by atoms with Gasteiger partial charge < -0.3 is 10.6 Å². The molecule has 31 heavy (non-hydrogen) atoms. The molecule has 1 amide bonds. The second kappa shape index (κ2) is 10.6. The van der Waals surface area contributed by atoms with Crippen molar-refractivity contribution in [2.75, 3.05) is 13.1 Å². The summed E-state index contributed by atoms with van der Waals surface area (Å²) in [6.45, 7) is 4.10. The van der Waals surface area contributed by atoms with Crippen molar-refractivity contribution in [3.05, 3.63) is 70.2 Å². The van der Waals surface area contributed by atoms with Gasteiger partial charge in [-0.2, -0.15) is 0 Å². The fraction of sp³-hybridized carbons (Fsp3) is 0.480. The molecule has 1 aliphatic carbocycles. The van der Waals surface area contributed by atoms with Crippen molar-refractivity contribution in [2.24, 2.45) is 0 Å². The van der Waals surface area contributed by atoms with Crippen molar-refractivity contribution >= 4 is 17.5 Å². The minimum atomic E-state index is 0.0450. The largest absolute Gasteiger partial charge is 0.349 e. The number of halogens is 1. The Balaban J connectivity index is 1.25. The van der Waals surface area contributed by atoms with E-state index in [2.05, 4.69) is 46.6 Å². The molecule has 0 spiro atoms. The van der Waals surface area contributed by atoms with E-state index >= 15 is 0 Å². The van der Waals surface area contributed by atoms with Gasteiger partial charge in [0.05, 0.1) is 0 Å². The molecule has 2 fully saturated rings. The molecule has 0 radical (unpaired) electrons. The lowest BCUT2D eigenvalue weighted by Crippen LogP contribution is -2.42. The Kier molecular flexibility index (Phi) is 7.62. The first-order valence-electron chi connectivity index (χ1n) is 11.5. The highest BCUT2D eigenvalue weighted by molar-refractivity contribution is 6.30. The third kappa shape index (κ3) is 6.07. The maximum atomic E-state index is 12.5. The van der Waals surface area contributed by atoms with E-state index in [9.17, 15) is 4.79 Å². The van der Waals surface area contributed by atoms with Gasteiger partial charge in [0, 0.05) is 28.7 Å². The number of piperidine rings is 1. The summed E-state index contributed by atoms with van der Waals surface area (Å²) in [5.41, 5.74) is 10.2. The Morgan fingerprint density at radius 1 is 1.03 bits per heavy atom. The monoisotopic (exact) mass is 440 g/mol. The van der Waals surface area contributed by atoms with Gasteiger partial charge >= 0.3 is 0 Å². The summed E-state index contributed by atoms with van der Waals surface area (Å²) < 4.78 is 0. The van der Waals surface area contributed by atoms with Crippen molar-refractivity contribution in [2.45, 2.75) is 63.1 Å². The molecule has 6 heteroatoms. The van der Waals surface area contributed by atoms with Crippen LogP contribution in [0.3, 0.4) is 0 Å². The highest BCUT2D eigenvalue weighted by Crippen LogP contribution is 2.34. The predicted molar refractivity (Wildman–Crippen MR) is 126 cm³/mol. The van der Waals surface area contributed by atoms with Crippen molar-refractivity contribution in [1.29, 1.82) is 0 Å². The quantitative estimate of drug-likeness (QED) is 0.484. The van der Waals surface area contributed by atoms with Gasteiger partial charge in [-0.15, -0.1) is 0 Å². The van der Waals surface area contributed by atoms with Crippen molar-refractivity contribution in [3.63, 3.8) is 0 Å². The number of hydrogen-bond acceptors (Lipinski definition) is 4. The summed E-state index contributed by atoms with van der Waals surface area (Å²) in [5, 5.41) is 7.26. The van der Waals surface area contributed by atoms with Gasteiger partial charge in [0.25, 0.3) is 5.91 Å². The third-order valence-corrected chi connectivity index (χ3v) is 6.84. The van der Waals surface area contributed by atoms with Crippen LogP contribution in [-0.2, 0) is 0 Å². The number of amides is 1. The number of benzene rings is 2. The molecule has 2 aromatic carbocycles. The lowest BCUT2D eigenvalue weighted by Gasteiger charge is -2.23. The molecule has 4 rings (SSSR count). The van der Waals surface area contributed by atoms with Crippen LogP contribution in [0.15, 0.2) is 48.5 Å². The normalized spacial score (nSPS) is 22.9. The summed E-state index contributed by atoms with van der Waals surface area (Å²) in [6, 6.07) is 17.1. The zero-order valence-electron chi connectivity index (χ0n) is 18.2. The highest BCUT2D eigenvalue weighted by atomic mass is 35.5. The van der Waals surface area contributed by atoms with E-state index in [1.165, 1.54) is 11.1 Å². The van der Waals surface area contributed by atoms with E-state index in [0.29, 0.717) is 12.0 Å². The molecular weight excluding hydrogens is 408 g/mol. The lowest BCUT2D eigenvalue weighted by molar-refractivity contribution is 0.0929. The highest BCUT2D eigenvalue weighted by Gasteiger charge is 2.26. The van der Waals surface area contributed by atoms with Crippen molar-refractivity contribution < 1.29 is 4.79 Å². The molecule has 5 nitrogen and oxygen atoms in total. The lowest BCUT2D eigenvalue weighted by atomic mass is 9.96. The smallest absolute Gasteiger partial charge is 0.251 e. The SMILES string of the molecule is C[C@@H](NNC1CC[C@H](c2ccc(C(=O)NC3CCNCC3)cc2)C1)c1cccc(Cl)c1. The number of nitrogens with one attached hydrogen (secondary N) is 4. The maximum Gasteiger partial charge on any atom is 0.251 e. The predicted octanol–water partition coefficient (Wildman–Crippen LogP) is 4.31. The molecule has 2 aromatic rings. The average Bonchev–Trinajstić information content (AvgIpc) is 3.27. The topological polar surface area (TPSA) is 65.2 Å². The molecule has 1 saturated heterocycles. The molecule has 3 atom stereocenters. The second-order valence-electron chi connectivity index (χ2n) is 8.89.